The van der Waals surface area contributed by atoms with Crippen LogP contribution >= 0.6 is 23.2 Å². The molecule has 5 aliphatic rings. The van der Waals surface area contributed by atoms with E-state index in [2.05, 4.69) is 17.3 Å². The highest BCUT2D eigenvalue weighted by atomic mass is 35.5. The van der Waals surface area contributed by atoms with Gasteiger partial charge in [0.2, 0.25) is 0 Å². The van der Waals surface area contributed by atoms with Gasteiger partial charge in [-0.3, -0.25) is 9.59 Å². The zero-order valence-corrected chi connectivity index (χ0v) is 16.7. The van der Waals surface area contributed by atoms with Crippen LogP contribution in [-0.2, 0) is 9.59 Å². The van der Waals surface area contributed by atoms with Crippen LogP contribution in [0.3, 0.4) is 0 Å². The third-order valence-corrected chi connectivity index (χ3v) is 7.33. The summed E-state index contributed by atoms with van der Waals surface area (Å²) in [5.74, 6) is 1.59. The summed E-state index contributed by atoms with van der Waals surface area (Å²) < 4.78 is 5.78. The average molecular weight is 427 g/mol. The van der Waals surface area contributed by atoms with E-state index in [0.29, 0.717) is 39.0 Å². The van der Waals surface area contributed by atoms with Crippen molar-refractivity contribution >= 4 is 41.2 Å². The van der Waals surface area contributed by atoms with Crippen molar-refractivity contribution in [2.75, 3.05) is 0 Å². The van der Waals surface area contributed by atoms with Crippen LogP contribution in [0.5, 0.6) is 0 Å². The highest BCUT2D eigenvalue weighted by Crippen LogP contribution is 2.65. The molecule has 2 amide bonds. The number of carbonyl (C=O) groups is 2. The summed E-state index contributed by atoms with van der Waals surface area (Å²) in [6.07, 6.45) is 6.84. The lowest BCUT2D eigenvalue weighted by Gasteiger charge is -2.37. The Balaban J connectivity index is 1.26. The Morgan fingerprint density at radius 1 is 1.00 bits per heavy atom. The molecule has 3 fully saturated rings. The molecule has 146 valence electrons. The number of hydrogen-bond acceptors (Lipinski definition) is 4. The molecular formula is C22H16Cl2N2O3. The molecule has 1 aromatic carbocycles. The van der Waals surface area contributed by atoms with E-state index < -0.39 is 0 Å². The Kier molecular flexibility index (Phi) is 3.66. The molecule has 4 aliphatic carbocycles. The summed E-state index contributed by atoms with van der Waals surface area (Å²) in [4.78, 5) is 25.9. The second-order valence-corrected chi connectivity index (χ2v) is 9.06. The van der Waals surface area contributed by atoms with E-state index in [1.54, 1.807) is 30.3 Å². The van der Waals surface area contributed by atoms with Crippen LogP contribution < -0.4 is 0 Å². The molecule has 0 unspecified atom stereocenters. The van der Waals surface area contributed by atoms with Crippen molar-refractivity contribution in [3.05, 3.63) is 58.3 Å². The molecule has 2 heterocycles. The number of halogens is 2. The molecule has 2 saturated carbocycles. The van der Waals surface area contributed by atoms with E-state index in [4.69, 9.17) is 27.6 Å². The first-order chi connectivity index (χ1) is 14.0. The molecule has 2 bridgehead atoms. The Morgan fingerprint density at radius 2 is 1.69 bits per heavy atom. The monoisotopic (exact) mass is 426 g/mol. The third-order valence-electron chi connectivity index (χ3n) is 6.76. The van der Waals surface area contributed by atoms with Gasteiger partial charge in [0.1, 0.15) is 11.5 Å². The molecule has 7 heteroatoms. The number of allylic oxidation sites excluding steroid dienone is 2. The number of benzene rings is 1. The highest BCUT2D eigenvalue weighted by molar-refractivity contribution is 6.35. The van der Waals surface area contributed by atoms with Gasteiger partial charge in [0.05, 0.1) is 23.1 Å². The first kappa shape index (κ1) is 17.5. The Morgan fingerprint density at radius 3 is 2.38 bits per heavy atom. The zero-order chi connectivity index (χ0) is 19.9. The SMILES string of the molecule is O=C1[C@@H]2[C@H]3C=C[C@@H]([C@@H]4C[C@@H]34)[C@@H]2C(=O)N1N=Cc1ccc(-c2cc(Cl)ccc2Cl)o1. The summed E-state index contributed by atoms with van der Waals surface area (Å²) in [7, 11) is 0. The van der Waals surface area contributed by atoms with E-state index in [9.17, 15) is 9.59 Å². The minimum absolute atomic E-state index is 0.187. The largest absolute Gasteiger partial charge is 0.455 e. The van der Waals surface area contributed by atoms with E-state index >= 15 is 0 Å². The van der Waals surface area contributed by atoms with Gasteiger partial charge in [-0.2, -0.15) is 10.1 Å². The van der Waals surface area contributed by atoms with Gasteiger partial charge in [-0.25, -0.2) is 0 Å². The normalized spacial score (nSPS) is 34.2. The van der Waals surface area contributed by atoms with Crippen molar-refractivity contribution in [2.45, 2.75) is 6.42 Å². The van der Waals surface area contributed by atoms with Crippen molar-refractivity contribution in [2.24, 2.45) is 40.6 Å². The van der Waals surface area contributed by atoms with E-state index in [-0.39, 0.29) is 35.5 Å². The quantitative estimate of drug-likeness (QED) is 0.407. The number of imide groups is 1. The third kappa shape index (κ3) is 2.50. The highest BCUT2D eigenvalue weighted by Gasteiger charge is 2.67. The van der Waals surface area contributed by atoms with Gasteiger partial charge >= 0.3 is 0 Å². The van der Waals surface area contributed by atoms with Gasteiger partial charge in [-0.15, -0.1) is 0 Å². The first-order valence-corrected chi connectivity index (χ1v) is 10.4. The first-order valence-electron chi connectivity index (χ1n) is 9.68. The van der Waals surface area contributed by atoms with Crippen LogP contribution in [-0.4, -0.2) is 23.0 Å². The molecular weight excluding hydrogens is 411 g/mol. The number of rotatable bonds is 3. The van der Waals surface area contributed by atoms with Gasteiger partial charge in [-0.1, -0.05) is 35.4 Å². The summed E-state index contributed by atoms with van der Waals surface area (Å²) in [5, 5.41) is 6.30. The van der Waals surface area contributed by atoms with Crippen LogP contribution in [0.2, 0.25) is 10.0 Å². The van der Waals surface area contributed by atoms with Crippen molar-refractivity contribution in [1.82, 2.24) is 5.01 Å². The molecule has 1 aromatic heterocycles. The summed E-state index contributed by atoms with van der Waals surface area (Å²) >= 11 is 12.3. The van der Waals surface area contributed by atoms with Gasteiger partial charge in [-0.05, 0) is 60.4 Å². The van der Waals surface area contributed by atoms with Gasteiger partial charge < -0.3 is 4.42 Å². The second-order valence-electron chi connectivity index (χ2n) is 8.21. The fraction of sp³-hybridized carbons (Fsp3) is 0.318. The number of hydrogen-bond donors (Lipinski definition) is 0. The van der Waals surface area contributed by atoms with Gasteiger partial charge in [0, 0.05) is 10.6 Å². The van der Waals surface area contributed by atoms with Crippen molar-refractivity contribution in [3.8, 4) is 11.3 Å². The maximum Gasteiger partial charge on any atom is 0.254 e. The maximum absolute atomic E-state index is 12.9. The van der Waals surface area contributed by atoms with Crippen molar-refractivity contribution in [3.63, 3.8) is 0 Å². The average Bonchev–Trinajstić information content (AvgIpc) is 3.36. The lowest BCUT2D eigenvalue weighted by Crippen LogP contribution is -2.40. The van der Waals surface area contributed by atoms with Crippen molar-refractivity contribution < 1.29 is 14.0 Å². The van der Waals surface area contributed by atoms with Crippen LogP contribution in [0.1, 0.15) is 12.2 Å². The summed E-state index contributed by atoms with van der Waals surface area (Å²) in [5.41, 5.74) is 0.667. The topological polar surface area (TPSA) is 62.9 Å². The molecule has 0 N–H and O–H groups in total. The Labute approximate surface area is 177 Å². The number of amides is 2. The fourth-order valence-corrected chi connectivity index (χ4v) is 5.81. The molecule has 7 rings (SSSR count). The molecule has 2 aromatic rings. The van der Waals surface area contributed by atoms with E-state index in [1.807, 2.05) is 0 Å². The summed E-state index contributed by atoms with van der Waals surface area (Å²) in [6.45, 7) is 0. The predicted octanol–water partition coefficient (Wildman–Crippen LogP) is 4.64. The standard InChI is InChI=1S/C22H16Cl2N2O3/c23-10-1-5-17(24)16(7-10)18-6-2-11(29-18)9-25-26-21(27)19-12-3-4-13(15-8-14(12)15)20(19)22(26)28/h1-7,9,12-15,19-20H,8H2/t12-,13-,14-,15-,19-,20+/m0/s1. The smallest absolute Gasteiger partial charge is 0.254 e. The number of carbonyl (C=O) groups excluding carboxylic acids is 2. The van der Waals surface area contributed by atoms with Crippen LogP contribution in [0.25, 0.3) is 11.3 Å². The molecule has 1 aliphatic heterocycles. The van der Waals surface area contributed by atoms with E-state index in [1.165, 1.54) is 6.21 Å². The Hall–Kier alpha value is -2.37. The number of furan rings is 1. The number of hydrazone groups is 1. The predicted molar refractivity (Wildman–Crippen MR) is 108 cm³/mol. The molecule has 29 heavy (non-hydrogen) atoms. The molecule has 1 saturated heterocycles. The second kappa shape index (κ2) is 6.07. The minimum Gasteiger partial charge on any atom is -0.455 e. The number of nitrogens with zero attached hydrogens (tertiary/aromatic N) is 2. The summed E-state index contributed by atoms with van der Waals surface area (Å²) in [6, 6.07) is 8.59. The van der Waals surface area contributed by atoms with Crippen LogP contribution in [0.15, 0.2) is 52.0 Å². The van der Waals surface area contributed by atoms with Crippen molar-refractivity contribution in [1.29, 1.82) is 0 Å². The molecule has 0 spiro atoms. The molecule has 6 atom stereocenters. The maximum atomic E-state index is 12.9. The minimum atomic E-state index is -0.254. The van der Waals surface area contributed by atoms with Crippen LogP contribution in [0.4, 0.5) is 0 Å². The zero-order valence-electron chi connectivity index (χ0n) is 15.2. The van der Waals surface area contributed by atoms with Gasteiger partial charge in [0.15, 0.2) is 0 Å². The molecule has 5 nitrogen and oxygen atoms in total. The Bertz CT molecular complexity index is 1090. The lowest BCUT2D eigenvalue weighted by molar-refractivity contribution is -0.140. The fourth-order valence-electron chi connectivity index (χ4n) is 5.42. The van der Waals surface area contributed by atoms with E-state index in [0.717, 1.165) is 11.4 Å². The molecule has 0 radical (unpaired) electrons. The van der Waals surface area contributed by atoms with Gasteiger partial charge in [0.25, 0.3) is 11.8 Å². The lowest BCUT2D eigenvalue weighted by atomic mass is 9.63. The van der Waals surface area contributed by atoms with Crippen LogP contribution in [0, 0.1) is 35.5 Å².